The van der Waals surface area contributed by atoms with Gasteiger partial charge in [0.2, 0.25) is 5.16 Å². The van der Waals surface area contributed by atoms with E-state index in [9.17, 15) is 18.3 Å². The molecule has 0 fully saturated rings. The van der Waals surface area contributed by atoms with E-state index in [0.717, 1.165) is 16.1 Å². The van der Waals surface area contributed by atoms with Gasteiger partial charge >= 0.3 is 0 Å². The Bertz CT molecular complexity index is 793. The number of aliphatic hydroxyl groups excluding tert-OH is 1. The van der Waals surface area contributed by atoms with Crippen molar-refractivity contribution in [2.24, 2.45) is 0 Å². The SMILES string of the molecule is O=C1c2ccccc2S(=O)(=O)N1C(CCO)Sc1nn[nH]n1. The number of aromatic amines is 1. The fourth-order valence-electron chi connectivity index (χ4n) is 2.15. The average molecular weight is 341 g/mol. The number of aliphatic hydroxyl groups is 1. The lowest BCUT2D eigenvalue weighted by Crippen LogP contribution is -2.38. The van der Waals surface area contributed by atoms with Gasteiger partial charge in [0.1, 0.15) is 10.3 Å². The van der Waals surface area contributed by atoms with Gasteiger partial charge in [-0.1, -0.05) is 23.9 Å². The van der Waals surface area contributed by atoms with Crippen molar-refractivity contribution in [1.29, 1.82) is 0 Å². The van der Waals surface area contributed by atoms with Crippen LogP contribution < -0.4 is 0 Å². The van der Waals surface area contributed by atoms with E-state index in [0.29, 0.717) is 0 Å². The van der Waals surface area contributed by atoms with E-state index >= 15 is 0 Å². The molecular weight excluding hydrogens is 330 g/mol. The quantitative estimate of drug-likeness (QED) is 0.718. The van der Waals surface area contributed by atoms with Gasteiger partial charge in [0.05, 0.1) is 5.56 Å². The first-order chi connectivity index (χ1) is 10.6. The zero-order valence-electron chi connectivity index (χ0n) is 11.1. The number of tetrazole rings is 1. The molecule has 1 atom stereocenters. The molecule has 0 radical (unpaired) electrons. The Hall–Kier alpha value is -1.98. The van der Waals surface area contributed by atoms with Gasteiger partial charge in [-0.25, -0.2) is 12.7 Å². The summed E-state index contributed by atoms with van der Waals surface area (Å²) in [6, 6.07) is 6.01. The van der Waals surface area contributed by atoms with Crippen LogP contribution in [0.4, 0.5) is 0 Å². The van der Waals surface area contributed by atoms with Crippen LogP contribution in [0.3, 0.4) is 0 Å². The standard InChI is InChI=1S/C11H11N5O4S2/c17-6-5-9(21-11-12-14-15-13-11)16-10(18)7-3-1-2-4-8(7)22(16,19)20/h1-4,9,17H,5-6H2,(H,12,13,14,15). The molecule has 0 aliphatic carbocycles. The molecule has 1 aliphatic heterocycles. The van der Waals surface area contributed by atoms with Crippen molar-refractivity contribution in [2.75, 3.05) is 6.61 Å². The van der Waals surface area contributed by atoms with E-state index in [-0.39, 0.29) is 28.6 Å². The van der Waals surface area contributed by atoms with Gasteiger partial charge in [-0.15, -0.1) is 10.2 Å². The molecule has 9 nitrogen and oxygen atoms in total. The highest BCUT2D eigenvalue weighted by Crippen LogP contribution is 2.37. The van der Waals surface area contributed by atoms with Gasteiger partial charge < -0.3 is 5.11 Å². The van der Waals surface area contributed by atoms with Crippen LogP contribution in [-0.4, -0.2) is 56.3 Å². The number of aromatic nitrogens is 4. The summed E-state index contributed by atoms with van der Waals surface area (Å²) >= 11 is 0.944. The zero-order valence-corrected chi connectivity index (χ0v) is 12.7. The summed E-state index contributed by atoms with van der Waals surface area (Å²) in [4.78, 5) is 12.4. The van der Waals surface area contributed by atoms with Crippen LogP contribution in [0, 0.1) is 0 Å². The lowest BCUT2D eigenvalue weighted by molar-refractivity contribution is 0.0854. The van der Waals surface area contributed by atoms with Gasteiger partial charge in [-0.3, -0.25) is 4.79 Å². The molecule has 1 unspecified atom stereocenters. The highest BCUT2D eigenvalue weighted by atomic mass is 32.2. The topological polar surface area (TPSA) is 129 Å². The van der Waals surface area contributed by atoms with E-state index in [2.05, 4.69) is 20.6 Å². The summed E-state index contributed by atoms with van der Waals surface area (Å²) in [6.45, 7) is -0.287. The number of carbonyl (C=O) groups is 1. The van der Waals surface area contributed by atoms with Crippen LogP contribution >= 0.6 is 11.8 Å². The molecular formula is C11H11N5O4S2. The lowest BCUT2D eigenvalue weighted by atomic mass is 10.2. The maximum absolute atomic E-state index is 12.6. The van der Waals surface area contributed by atoms with Gasteiger partial charge in [0, 0.05) is 13.0 Å². The van der Waals surface area contributed by atoms with Crippen molar-refractivity contribution in [3.05, 3.63) is 29.8 Å². The van der Waals surface area contributed by atoms with Crippen LogP contribution in [0.25, 0.3) is 0 Å². The van der Waals surface area contributed by atoms with Crippen LogP contribution in [0.2, 0.25) is 0 Å². The number of fused-ring (bicyclic) bond motifs is 1. The Morgan fingerprint density at radius 3 is 2.77 bits per heavy atom. The highest BCUT2D eigenvalue weighted by molar-refractivity contribution is 8.00. The fraction of sp³-hybridized carbons (Fsp3) is 0.273. The van der Waals surface area contributed by atoms with Crippen molar-refractivity contribution in [1.82, 2.24) is 24.9 Å². The number of hydrogen-bond donors (Lipinski definition) is 2. The molecule has 22 heavy (non-hydrogen) atoms. The largest absolute Gasteiger partial charge is 0.396 e. The molecule has 3 rings (SSSR count). The maximum atomic E-state index is 12.6. The minimum Gasteiger partial charge on any atom is -0.396 e. The molecule has 1 aliphatic rings. The first-order valence-electron chi connectivity index (χ1n) is 6.24. The van der Waals surface area contributed by atoms with Crippen LogP contribution in [0.5, 0.6) is 0 Å². The Balaban J connectivity index is 2.00. The van der Waals surface area contributed by atoms with Gasteiger partial charge in [-0.05, 0) is 17.3 Å². The van der Waals surface area contributed by atoms with E-state index in [4.69, 9.17) is 0 Å². The molecule has 0 bridgehead atoms. The second-order valence-corrected chi connectivity index (χ2v) is 7.31. The molecule has 116 valence electrons. The van der Waals surface area contributed by atoms with E-state index in [1.807, 2.05) is 0 Å². The smallest absolute Gasteiger partial charge is 0.270 e. The molecule has 0 saturated heterocycles. The maximum Gasteiger partial charge on any atom is 0.270 e. The first kappa shape index (κ1) is 14.9. The normalized spacial score (nSPS) is 17.5. The van der Waals surface area contributed by atoms with Crippen molar-refractivity contribution in [3.63, 3.8) is 0 Å². The van der Waals surface area contributed by atoms with Crippen LogP contribution in [0.1, 0.15) is 16.8 Å². The van der Waals surface area contributed by atoms with Crippen LogP contribution in [0.15, 0.2) is 34.3 Å². The second kappa shape index (κ2) is 5.66. The van der Waals surface area contributed by atoms with E-state index in [1.165, 1.54) is 12.1 Å². The Kier molecular flexibility index (Phi) is 3.85. The number of benzene rings is 1. The third-order valence-corrected chi connectivity index (χ3v) is 6.15. The molecule has 1 aromatic heterocycles. The number of nitrogens with zero attached hydrogens (tertiary/aromatic N) is 4. The van der Waals surface area contributed by atoms with Crippen molar-refractivity contribution in [3.8, 4) is 0 Å². The molecule has 0 spiro atoms. The summed E-state index contributed by atoms with van der Waals surface area (Å²) in [5, 5.41) is 21.6. The number of thioether (sulfide) groups is 1. The summed E-state index contributed by atoms with van der Waals surface area (Å²) in [7, 11) is -3.95. The van der Waals surface area contributed by atoms with Gasteiger partial charge in [0.25, 0.3) is 15.9 Å². The monoisotopic (exact) mass is 341 g/mol. The summed E-state index contributed by atoms with van der Waals surface area (Å²) in [5.41, 5.74) is 0.124. The predicted molar refractivity (Wildman–Crippen MR) is 75.3 cm³/mol. The number of carbonyl (C=O) groups excluding carboxylic acids is 1. The van der Waals surface area contributed by atoms with Gasteiger partial charge in [-0.2, -0.15) is 5.21 Å². The summed E-state index contributed by atoms with van der Waals surface area (Å²) in [5.74, 6) is -0.620. The van der Waals surface area contributed by atoms with Crippen LogP contribution in [-0.2, 0) is 10.0 Å². The number of hydrogen-bond acceptors (Lipinski definition) is 8. The average Bonchev–Trinajstić information content (AvgIpc) is 3.06. The van der Waals surface area contributed by atoms with E-state index < -0.39 is 21.3 Å². The Morgan fingerprint density at radius 1 is 1.36 bits per heavy atom. The van der Waals surface area contributed by atoms with Gasteiger partial charge in [0.15, 0.2) is 0 Å². The molecule has 1 amide bonds. The Morgan fingerprint density at radius 2 is 2.14 bits per heavy atom. The number of rotatable bonds is 5. The third-order valence-electron chi connectivity index (χ3n) is 3.06. The fourth-order valence-corrected chi connectivity index (χ4v) is 5.08. The summed E-state index contributed by atoms with van der Waals surface area (Å²) in [6.07, 6.45) is 0.0537. The highest BCUT2D eigenvalue weighted by Gasteiger charge is 2.45. The number of H-pyrrole nitrogens is 1. The number of nitrogens with one attached hydrogen (secondary N) is 1. The molecule has 2 aromatic rings. The molecule has 11 heteroatoms. The van der Waals surface area contributed by atoms with E-state index in [1.54, 1.807) is 12.1 Å². The van der Waals surface area contributed by atoms with Crippen molar-refractivity contribution < 1.29 is 18.3 Å². The Labute approximate surface area is 129 Å². The van der Waals surface area contributed by atoms with Crippen molar-refractivity contribution >= 4 is 27.7 Å². The second-order valence-electron chi connectivity index (χ2n) is 4.38. The molecule has 1 aromatic carbocycles. The number of amides is 1. The lowest BCUT2D eigenvalue weighted by Gasteiger charge is -2.24. The van der Waals surface area contributed by atoms with Crippen molar-refractivity contribution in [2.45, 2.75) is 21.8 Å². The minimum absolute atomic E-state index is 0.0309. The number of sulfonamides is 1. The summed E-state index contributed by atoms with van der Waals surface area (Å²) < 4.78 is 25.9. The molecule has 0 saturated carbocycles. The predicted octanol–water partition coefficient (Wildman–Crippen LogP) is -0.155. The first-order valence-corrected chi connectivity index (χ1v) is 8.56. The molecule has 2 N–H and O–H groups in total. The zero-order chi connectivity index (χ0) is 15.7. The minimum atomic E-state index is -3.95. The molecule has 2 heterocycles. The third kappa shape index (κ3) is 2.36.